The van der Waals surface area contributed by atoms with Crippen LogP contribution in [0.15, 0.2) is 24.3 Å². The Balaban J connectivity index is 1.83. The predicted octanol–water partition coefficient (Wildman–Crippen LogP) is 3.13. The van der Waals surface area contributed by atoms with Gasteiger partial charge in [0.2, 0.25) is 0 Å². The van der Waals surface area contributed by atoms with E-state index in [0.717, 1.165) is 38.3 Å². The lowest BCUT2D eigenvalue weighted by molar-refractivity contribution is 0.0255. The molecule has 1 aromatic rings. The van der Waals surface area contributed by atoms with Crippen molar-refractivity contribution in [2.24, 2.45) is 0 Å². The summed E-state index contributed by atoms with van der Waals surface area (Å²) in [5.41, 5.74) is 1.44. The maximum atomic E-state index is 5.96. The van der Waals surface area contributed by atoms with Gasteiger partial charge in [-0.2, -0.15) is 0 Å². The van der Waals surface area contributed by atoms with Gasteiger partial charge >= 0.3 is 0 Å². The maximum Gasteiger partial charge on any atom is 0.119 e. The molecule has 1 aliphatic heterocycles. The fourth-order valence-corrected chi connectivity index (χ4v) is 2.04. The van der Waals surface area contributed by atoms with Gasteiger partial charge in [0, 0.05) is 24.9 Å². The van der Waals surface area contributed by atoms with Crippen molar-refractivity contribution in [1.29, 1.82) is 0 Å². The van der Waals surface area contributed by atoms with Crippen LogP contribution in [0, 0.1) is 0 Å². The van der Waals surface area contributed by atoms with Crippen LogP contribution in [0.2, 0.25) is 0 Å². The molecule has 1 fully saturated rings. The molecule has 1 aliphatic rings. The molecular weight excluding hydrogens is 238 g/mol. The van der Waals surface area contributed by atoms with E-state index < -0.39 is 0 Å². The Bertz CT molecular complexity index is 375. The molecule has 0 radical (unpaired) electrons. The summed E-state index contributed by atoms with van der Waals surface area (Å²) in [7, 11) is 0. The first-order chi connectivity index (χ1) is 9.03. The van der Waals surface area contributed by atoms with E-state index in [-0.39, 0.29) is 5.54 Å². The number of rotatable bonds is 4. The fraction of sp³-hybridized carbons (Fsp3) is 0.625. The molecule has 1 N–H and O–H groups in total. The molecule has 1 aromatic carbocycles. The first-order valence-corrected chi connectivity index (χ1v) is 7.11. The molecule has 0 bridgehead atoms. The molecule has 0 aromatic heterocycles. The third kappa shape index (κ3) is 5.21. The molecule has 0 aliphatic carbocycles. The zero-order chi connectivity index (χ0) is 13.7. The van der Waals surface area contributed by atoms with E-state index in [9.17, 15) is 0 Å². The molecule has 3 heteroatoms. The first kappa shape index (κ1) is 14.4. The normalized spacial score (nSPS) is 17.4. The highest BCUT2D eigenvalue weighted by Gasteiger charge is 2.15. The SMILES string of the molecule is CC(C)(C)NCc1ccc(OC2CCOCC2)cc1. The molecule has 1 heterocycles. The van der Waals surface area contributed by atoms with E-state index in [0.29, 0.717) is 6.10 Å². The summed E-state index contributed by atoms with van der Waals surface area (Å²) < 4.78 is 11.3. The van der Waals surface area contributed by atoms with Crippen molar-refractivity contribution in [2.45, 2.75) is 51.8 Å². The number of nitrogens with one attached hydrogen (secondary N) is 1. The van der Waals surface area contributed by atoms with E-state index in [1.807, 2.05) is 0 Å². The minimum atomic E-state index is 0.150. The lowest BCUT2D eigenvalue weighted by Crippen LogP contribution is -2.35. The van der Waals surface area contributed by atoms with Gasteiger partial charge in [0.25, 0.3) is 0 Å². The highest BCUT2D eigenvalue weighted by atomic mass is 16.5. The largest absolute Gasteiger partial charge is 0.490 e. The van der Waals surface area contributed by atoms with Gasteiger partial charge in [-0.25, -0.2) is 0 Å². The Morgan fingerprint density at radius 1 is 1.16 bits per heavy atom. The molecule has 0 amide bonds. The van der Waals surface area contributed by atoms with Crippen molar-refractivity contribution >= 4 is 0 Å². The molecule has 0 spiro atoms. The van der Waals surface area contributed by atoms with Gasteiger partial charge in [-0.3, -0.25) is 0 Å². The summed E-state index contributed by atoms with van der Waals surface area (Å²) >= 11 is 0. The van der Waals surface area contributed by atoms with E-state index >= 15 is 0 Å². The van der Waals surface area contributed by atoms with Gasteiger partial charge < -0.3 is 14.8 Å². The maximum absolute atomic E-state index is 5.96. The third-order valence-corrected chi connectivity index (χ3v) is 3.22. The molecule has 0 unspecified atom stereocenters. The third-order valence-electron chi connectivity index (χ3n) is 3.22. The molecule has 3 nitrogen and oxygen atoms in total. The smallest absolute Gasteiger partial charge is 0.119 e. The Morgan fingerprint density at radius 2 is 1.79 bits per heavy atom. The summed E-state index contributed by atoms with van der Waals surface area (Å²) in [6.07, 6.45) is 2.30. The summed E-state index contributed by atoms with van der Waals surface area (Å²) in [4.78, 5) is 0. The first-order valence-electron chi connectivity index (χ1n) is 7.11. The summed E-state index contributed by atoms with van der Waals surface area (Å²) in [5, 5.41) is 3.48. The Labute approximate surface area is 116 Å². The second kappa shape index (κ2) is 6.40. The van der Waals surface area contributed by atoms with Crippen LogP contribution in [0.25, 0.3) is 0 Å². The van der Waals surface area contributed by atoms with Crippen LogP contribution in [0.4, 0.5) is 0 Å². The minimum Gasteiger partial charge on any atom is -0.490 e. The second-order valence-electron chi connectivity index (χ2n) is 6.18. The van der Waals surface area contributed by atoms with Gasteiger partial charge in [-0.05, 0) is 38.5 Å². The minimum absolute atomic E-state index is 0.150. The van der Waals surface area contributed by atoms with Crippen molar-refractivity contribution in [3.63, 3.8) is 0 Å². The zero-order valence-corrected chi connectivity index (χ0v) is 12.2. The fourth-order valence-electron chi connectivity index (χ4n) is 2.04. The molecule has 19 heavy (non-hydrogen) atoms. The molecule has 1 saturated heterocycles. The van der Waals surface area contributed by atoms with Crippen molar-refractivity contribution < 1.29 is 9.47 Å². The lowest BCUT2D eigenvalue weighted by Gasteiger charge is -2.23. The van der Waals surface area contributed by atoms with Crippen LogP contribution >= 0.6 is 0 Å². The van der Waals surface area contributed by atoms with E-state index in [1.54, 1.807) is 0 Å². The van der Waals surface area contributed by atoms with Crippen molar-refractivity contribution in [2.75, 3.05) is 13.2 Å². The van der Waals surface area contributed by atoms with Crippen molar-refractivity contribution in [1.82, 2.24) is 5.32 Å². The quantitative estimate of drug-likeness (QED) is 0.905. The van der Waals surface area contributed by atoms with Gasteiger partial charge in [0.15, 0.2) is 0 Å². The second-order valence-corrected chi connectivity index (χ2v) is 6.18. The number of hydrogen-bond acceptors (Lipinski definition) is 3. The summed E-state index contributed by atoms with van der Waals surface area (Å²) in [5.74, 6) is 0.964. The monoisotopic (exact) mass is 263 g/mol. The summed E-state index contributed by atoms with van der Waals surface area (Å²) in [6.45, 7) is 9.05. The number of ether oxygens (including phenoxy) is 2. The van der Waals surface area contributed by atoms with Crippen LogP contribution in [0.3, 0.4) is 0 Å². The molecule has 106 valence electrons. The Hall–Kier alpha value is -1.06. The predicted molar refractivity (Wildman–Crippen MR) is 77.5 cm³/mol. The Kier molecular flexibility index (Phi) is 4.83. The van der Waals surface area contributed by atoms with Crippen LogP contribution in [-0.4, -0.2) is 24.9 Å². The standard InChI is InChI=1S/C16H25NO2/c1-16(2,3)17-12-13-4-6-14(7-5-13)19-15-8-10-18-11-9-15/h4-7,15,17H,8-12H2,1-3H3. The molecule has 2 rings (SSSR count). The van der Waals surface area contributed by atoms with E-state index in [2.05, 4.69) is 50.4 Å². The van der Waals surface area contributed by atoms with Gasteiger partial charge in [0.1, 0.15) is 11.9 Å². The van der Waals surface area contributed by atoms with E-state index in [4.69, 9.17) is 9.47 Å². The zero-order valence-electron chi connectivity index (χ0n) is 12.2. The van der Waals surface area contributed by atoms with E-state index in [1.165, 1.54) is 5.56 Å². The highest BCUT2D eigenvalue weighted by Crippen LogP contribution is 2.18. The number of benzene rings is 1. The highest BCUT2D eigenvalue weighted by molar-refractivity contribution is 5.27. The lowest BCUT2D eigenvalue weighted by atomic mass is 10.1. The van der Waals surface area contributed by atoms with Gasteiger partial charge in [0.05, 0.1) is 13.2 Å². The number of hydrogen-bond donors (Lipinski definition) is 1. The van der Waals surface area contributed by atoms with Crippen LogP contribution in [-0.2, 0) is 11.3 Å². The average molecular weight is 263 g/mol. The topological polar surface area (TPSA) is 30.5 Å². The van der Waals surface area contributed by atoms with Crippen LogP contribution in [0.5, 0.6) is 5.75 Å². The average Bonchev–Trinajstić information content (AvgIpc) is 2.38. The van der Waals surface area contributed by atoms with Crippen molar-refractivity contribution in [3.8, 4) is 5.75 Å². The van der Waals surface area contributed by atoms with Crippen molar-refractivity contribution in [3.05, 3.63) is 29.8 Å². The van der Waals surface area contributed by atoms with Crippen LogP contribution < -0.4 is 10.1 Å². The summed E-state index contributed by atoms with van der Waals surface area (Å²) in [6, 6.07) is 8.39. The van der Waals surface area contributed by atoms with Gasteiger partial charge in [-0.1, -0.05) is 12.1 Å². The Morgan fingerprint density at radius 3 is 2.37 bits per heavy atom. The molecule has 0 saturated carbocycles. The molecule has 0 atom stereocenters. The van der Waals surface area contributed by atoms with Crippen LogP contribution in [0.1, 0.15) is 39.2 Å². The molecular formula is C16H25NO2. The van der Waals surface area contributed by atoms with Gasteiger partial charge in [-0.15, -0.1) is 0 Å².